The second-order valence-electron chi connectivity index (χ2n) is 4.58. The molecule has 2 rings (SSSR count). The van der Waals surface area contributed by atoms with Crippen LogP contribution in [-0.4, -0.2) is 32.7 Å². The van der Waals surface area contributed by atoms with E-state index in [1.165, 1.54) is 25.6 Å². The number of ether oxygens (including phenoxy) is 2. The molecule has 0 radical (unpaired) electrons. The molecular formula is C16H17NO4S. The van der Waals surface area contributed by atoms with Crippen molar-refractivity contribution in [2.24, 2.45) is 0 Å². The number of aryl methyl sites for hydroxylation is 1. The Morgan fingerprint density at radius 3 is 2.45 bits per heavy atom. The van der Waals surface area contributed by atoms with E-state index in [4.69, 9.17) is 9.47 Å². The Kier molecular flexibility index (Phi) is 5.30. The van der Waals surface area contributed by atoms with E-state index in [-0.39, 0.29) is 12.5 Å². The SMILES string of the molecule is COCC(=O)Nc1sc(C)c(-c2ccccc2)c1C(=O)OC. The number of benzene rings is 1. The number of nitrogens with one attached hydrogen (secondary N) is 1. The summed E-state index contributed by atoms with van der Waals surface area (Å²) < 4.78 is 9.68. The van der Waals surface area contributed by atoms with Crippen molar-refractivity contribution in [1.29, 1.82) is 0 Å². The number of esters is 1. The largest absolute Gasteiger partial charge is 0.465 e. The first-order valence-electron chi connectivity index (χ1n) is 6.64. The zero-order valence-electron chi connectivity index (χ0n) is 12.6. The topological polar surface area (TPSA) is 64.6 Å². The second kappa shape index (κ2) is 7.20. The molecule has 1 N–H and O–H groups in total. The highest BCUT2D eigenvalue weighted by Gasteiger charge is 2.24. The summed E-state index contributed by atoms with van der Waals surface area (Å²) in [6.45, 7) is 1.84. The van der Waals surface area contributed by atoms with Crippen LogP contribution in [0.3, 0.4) is 0 Å². The number of thiophene rings is 1. The Hall–Kier alpha value is -2.18. The Morgan fingerprint density at radius 2 is 1.86 bits per heavy atom. The van der Waals surface area contributed by atoms with Gasteiger partial charge in [0, 0.05) is 17.6 Å². The van der Waals surface area contributed by atoms with Crippen LogP contribution >= 0.6 is 11.3 Å². The van der Waals surface area contributed by atoms with Crippen LogP contribution in [0.5, 0.6) is 0 Å². The van der Waals surface area contributed by atoms with Crippen LogP contribution in [0.25, 0.3) is 11.1 Å². The van der Waals surface area contributed by atoms with Gasteiger partial charge in [-0.05, 0) is 12.5 Å². The van der Waals surface area contributed by atoms with Crippen LogP contribution < -0.4 is 5.32 Å². The summed E-state index contributed by atoms with van der Waals surface area (Å²) in [5.74, 6) is -0.788. The Labute approximate surface area is 132 Å². The smallest absolute Gasteiger partial charge is 0.341 e. The van der Waals surface area contributed by atoms with Crippen molar-refractivity contribution in [3.63, 3.8) is 0 Å². The van der Waals surface area contributed by atoms with Crippen LogP contribution in [0.15, 0.2) is 30.3 Å². The van der Waals surface area contributed by atoms with Gasteiger partial charge in [-0.15, -0.1) is 11.3 Å². The predicted molar refractivity (Wildman–Crippen MR) is 86.3 cm³/mol. The van der Waals surface area contributed by atoms with E-state index in [0.29, 0.717) is 10.6 Å². The van der Waals surface area contributed by atoms with Crippen molar-refractivity contribution >= 4 is 28.2 Å². The lowest BCUT2D eigenvalue weighted by molar-refractivity contribution is -0.119. The van der Waals surface area contributed by atoms with E-state index in [9.17, 15) is 9.59 Å². The molecule has 0 aliphatic heterocycles. The summed E-state index contributed by atoms with van der Waals surface area (Å²) in [5.41, 5.74) is 2.06. The van der Waals surface area contributed by atoms with E-state index in [2.05, 4.69) is 5.32 Å². The predicted octanol–water partition coefficient (Wildman–Crippen LogP) is 3.10. The van der Waals surface area contributed by atoms with Crippen LogP contribution in [0, 0.1) is 6.92 Å². The summed E-state index contributed by atoms with van der Waals surface area (Å²) in [4.78, 5) is 24.9. The number of rotatable bonds is 5. The number of hydrogen-bond donors (Lipinski definition) is 1. The zero-order chi connectivity index (χ0) is 16.1. The molecule has 0 spiro atoms. The first kappa shape index (κ1) is 16.2. The first-order chi connectivity index (χ1) is 10.6. The van der Waals surface area contributed by atoms with Crippen molar-refractivity contribution in [2.45, 2.75) is 6.92 Å². The highest BCUT2D eigenvalue weighted by molar-refractivity contribution is 7.17. The minimum Gasteiger partial charge on any atom is -0.465 e. The minimum atomic E-state index is -0.476. The van der Waals surface area contributed by atoms with Crippen molar-refractivity contribution in [3.8, 4) is 11.1 Å². The number of amides is 1. The summed E-state index contributed by atoms with van der Waals surface area (Å²) >= 11 is 1.35. The summed E-state index contributed by atoms with van der Waals surface area (Å²) in [5, 5.41) is 3.19. The third kappa shape index (κ3) is 3.35. The fourth-order valence-corrected chi connectivity index (χ4v) is 3.26. The normalized spacial score (nSPS) is 10.3. The molecule has 0 atom stereocenters. The average molecular weight is 319 g/mol. The van der Waals surface area contributed by atoms with Gasteiger partial charge in [0.05, 0.1) is 7.11 Å². The van der Waals surface area contributed by atoms with Crippen LogP contribution in [0.1, 0.15) is 15.2 Å². The average Bonchev–Trinajstić information content (AvgIpc) is 2.83. The third-order valence-corrected chi connectivity index (χ3v) is 4.09. The van der Waals surface area contributed by atoms with Gasteiger partial charge in [-0.25, -0.2) is 4.79 Å². The summed E-state index contributed by atoms with van der Waals surface area (Å²) in [6.07, 6.45) is 0. The molecule has 0 saturated carbocycles. The van der Waals surface area contributed by atoms with Gasteiger partial charge in [0.25, 0.3) is 5.91 Å². The highest BCUT2D eigenvalue weighted by atomic mass is 32.1. The number of methoxy groups -OCH3 is 2. The number of anilines is 1. The zero-order valence-corrected chi connectivity index (χ0v) is 13.5. The van der Waals surface area contributed by atoms with Crippen LogP contribution in [-0.2, 0) is 14.3 Å². The number of carbonyl (C=O) groups is 2. The molecule has 2 aromatic rings. The van der Waals surface area contributed by atoms with Gasteiger partial charge in [0.15, 0.2) is 0 Å². The molecule has 116 valence electrons. The lowest BCUT2D eigenvalue weighted by Crippen LogP contribution is -2.18. The maximum absolute atomic E-state index is 12.2. The monoisotopic (exact) mass is 319 g/mol. The lowest BCUT2D eigenvalue weighted by Gasteiger charge is -2.07. The fraction of sp³-hybridized carbons (Fsp3) is 0.250. The molecule has 5 nitrogen and oxygen atoms in total. The molecule has 0 bridgehead atoms. The molecule has 1 aromatic heterocycles. The van der Waals surface area contributed by atoms with Crippen LogP contribution in [0.4, 0.5) is 5.00 Å². The summed E-state index contributed by atoms with van der Waals surface area (Å²) in [6, 6.07) is 9.54. The van der Waals surface area contributed by atoms with Gasteiger partial charge < -0.3 is 14.8 Å². The van der Waals surface area contributed by atoms with Crippen molar-refractivity contribution in [1.82, 2.24) is 0 Å². The van der Waals surface area contributed by atoms with Crippen LogP contribution in [0.2, 0.25) is 0 Å². The molecule has 1 heterocycles. The highest BCUT2D eigenvalue weighted by Crippen LogP contribution is 2.40. The standard InChI is InChI=1S/C16H17NO4S/c1-10-13(11-7-5-4-6-8-11)14(16(19)21-3)15(22-10)17-12(18)9-20-2/h4-8H,9H2,1-3H3,(H,17,18). The Balaban J connectivity index is 2.52. The molecule has 1 aromatic carbocycles. The first-order valence-corrected chi connectivity index (χ1v) is 7.46. The summed E-state index contributed by atoms with van der Waals surface area (Å²) in [7, 11) is 2.76. The third-order valence-electron chi connectivity index (χ3n) is 3.06. The van der Waals surface area contributed by atoms with Gasteiger partial charge in [0.1, 0.15) is 17.2 Å². The quantitative estimate of drug-likeness (QED) is 0.860. The van der Waals surface area contributed by atoms with Gasteiger partial charge in [-0.3, -0.25) is 4.79 Å². The van der Waals surface area contributed by atoms with Crippen molar-refractivity contribution < 1.29 is 19.1 Å². The van der Waals surface area contributed by atoms with Gasteiger partial charge in [0.2, 0.25) is 0 Å². The maximum Gasteiger partial charge on any atom is 0.341 e. The molecule has 1 amide bonds. The van der Waals surface area contributed by atoms with E-state index < -0.39 is 5.97 Å². The molecule has 0 fully saturated rings. The van der Waals surface area contributed by atoms with E-state index in [1.54, 1.807) is 0 Å². The number of hydrogen-bond acceptors (Lipinski definition) is 5. The molecule has 0 aliphatic carbocycles. The molecular weight excluding hydrogens is 302 g/mol. The molecule has 6 heteroatoms. The molecule has 22 heavy (non-hydrogen) atoms. The molecule has 0 unspecified atom stereocenters. The van der Waals surface area contributed by atoms with Gasteiger partial charge in [-0.2, -0.15) is 0 Å². The molecule has 0 saturated heterocycles. The van der Waals surface area contributed by atoms with Crippen molar-refractivity contribution in [3.05, 3.63) is 40.8 Å². The van der Waals surface area contributed by atoms with E-state index in [1.807, 2.05) is 37.3 Å². The maximum atomic E-state index is 12.2. The fourth-order valence-electron chi connectivity index (χ4n) is 2.18. The lowest BCUT2D eigenvalue weighted by atomic mass is 10.0. The Morgan fingerprint density at radius 1 is 1.18 bits per heavy atom. The molecule has 0 aliphatic rings. The van der Waals surface area contributed by atoms with Gasteiger partial charge in [-0.1, -0.05) is 30.3 Å². The van der Waals surface area contributed by atoms with E-state index in [0.717, 1.165) is 16.0 Å². The minimum absolute atomic E-state index is 0.0712. The Bertz CT molecular complexity index is 679. The van der Waals surface area contributed by atoms with Gasteiger partial charge >= 0.3 is 5.97 Å². The second-order valence-corrected chi connectivity index (χ2v) is 5.80. The van der Waals surface area contributed by atoms with E-state index >= 15 is 0 Å². The van der Waals surface area contributed by atoms with Crippen molar-refractivity contribution in [2.75, 3.05) is 26.1 Å². The number of carbonyl (C=O) groups excluding carboxylic acids is 2.